The molecule has 0 amide bonds. The van der Waals surface area contributed by atoms with Crippen molar-refractivity contribution in [2.75, 3.05) is 6.61 Å². The fourth-order valence-electron chi connectivity index (χ4n) is 2.53. The van der Waals surface area contributed by atoms with Crippen molar-refractivity contribution >= 4 is 34.1 Å². The van der Waals surface area contributed by atoms with Crippen LogP contribution in [0.3, 0.4) is 0 Å². The number of carbonyl (C=O) groups excluding carboxylic acids is 2. The van der Waals surface area contributed by atoms with Gasteiger partial charge in [-0.25, -0.2) is 4.79 Å². The van der Waals surface area contributed by atoms with E-state index in [4.69, 9.17) is 21.1 Å². The van der Waals surface area contributed by atoms with Crippen LogP contribution in [0.2, 0.25) is 5.02 Å². The number of ether oxygens (including phenoxy) is 2. The molecule has 4 nitrogen and oxygen atoms in total. The van der Waals surface area contributed by atoms with Crippen LogP contribution in [0.1, 0.15) is 17.3 Å². The fourth-order valence-corrected chi connectivity index (χ4v) is 2.66. The van der Waals surface area contributed by atoms with Gasteiger partial charge in [-0.15, -0.1) is 0 Å². The van der Waals surface area contributed by atoms with Crippen LogP contribution in [-0.2, 0) is 9.53 Å². The Morgan fingerprint density at radius 2 is 1.65 bits per heavy atom. The molecule has 0 fully saturated rings. The standard InChI is InChI=1S/C21H17ClO4/c1-14(21(24)16-6-9-18(22)10-7-16)26-20(23)13-25-19-11-8-15-4-2-3-5-17(15)12-19/h2-12,14H,13H2,1H3/t14-/m1/s1. The third-order valence-corrected chi connectivity index (χ3v) is 4.14. The van der Waals surface area contributed by atoms with Gasteiger partial charge in [0.1, 0.15) is 5.75 Å². The molecule has 0 aliphatic rings. The lowest BCUT2D eigenvalue weighted by Gasteiger charge is -2.13. The number of fused-ring (bicyclic) bond motifs is 1. The van der Waals surface area contributed by atoms with Crippen molar-refractivity contribution in [3.05, 3.63) is 77.3 Å². The normalized spacial score (nSPS) is 11.8. The molecule has 0 aliphatic carbocycles. The molecule has 3 aromatic rings. The zero-order chi connectivity index (χ0) is 18.5. The van der Waals surface area contributed by atoms with E-state index in [0.717, 1.165) is 10.8 Å². The first-order valence-electron chi connectivity index (χ1n) is 8.14. The van der Waals surface area contributed by atoms with E-state index < -0.39 is 12.1 Å². The predicted molar refractivity (Wildman–Crippen MR) is 101 cm³/mol. The summed E-state index contributed by atoms with van der Waals surface area (Å²) in [4.78, 5) is 24.2. The van der Waals surface area contributed by atoms with E-state index in [-0.39, 0.29) is 12.4 Å². The van der Waals surface area contributed by atoms with E-state index in [1.54, 1.807) is 30.3 Å². The minimum absolute atomic E-state index is 0.267. The lowest BCUT2D eigenvalue weighted by Crippen LogP contribution is -2.27. The highest BCUT2D eigenvalue weighted by atomic mass is 35.5. The third kappa shape index (κ3) is 4.41. The molecule has 0 bridgehead atoms. The van der Waals surface area contributed by atoms with E-state index in [2.05, 4.69) is 0 Å². The highest BCUT2D eigenvalue weighted by Crippen LogP contribution is 2.20. The maximum Gasteiger partial charge on any atom is 0.344 e. The number of rotatable bonds is 6. The molecule has 0 N–H and O–H groups in total. The summed E-state index contributed by atoms with van der Waals surface area (Å²) in [6.45, 7) is 1.27. The average molecular weight is 369 g/mol. The maximum absolute atomic E-state index is 12.3. The molecular formula is C21H17ClO4. The molecule has 0 aromatic heterocycles. The number of hydrogen-bond donors (Lipinski definition) is 0. The van der Waals surface area contributed by atoms with E-state index in [9.17, 15) is 9.59 Å². The summed E-state index contributed by atoms with van der Waals surface area (Å²) < 4.78 is 10.6. The van der Waals surface area contributed by atoms with Gasteiger partial charge in [0.2, 0.25) is 5.78 Å². The molecule has 0 unspecified atom stereocenters. The van der Waals surface area contributed by atoms with Gasteiger partial charge in [0.15, 0.2) is 12.7 Å². The molecule has 5 heteroatoms. The second kappa shape index (κ2) is 8.02. The van der Waals surface area contributed by atoms with Crippen LogP contribution in [0.4, 0.5) is 0 Å². The number of carbonyl (C=O) groups is 2. The molecule has 26 heavy (non-hydrogen) atoms. The molecule has 0 spiro atoms. The van der Waals surface area contributed by atoms with Crippen molar-refractivity contribution in [3.8, 4) is 5.75 Å². The minimum atomic E-state index is -0.899. The van der Waals surface area contributed by atoms with Crippen LogP contribution in [0.25, 0.3) is 10.8 Å². The molecule has 0 heterocycles. The van der Waals surface area contributed by atoms with Gasteiger partial charge in [0.05, 0.1) is 0 Å². The van der Waals surface area contributed by atoms with Gasteiger partial charge in [0, 0.05) is 10.6 Å². The number of esters is 1. The second-order valence-corrected chi connectivity index (χ2v) is 6.24. The lowest BCUT2D eigenvalue weighted by atomic mass is 10.1. The Labute approximate surface area is 156 Å². The Morgan fingerprint density at radius 1 is 0.962 bits per heavy atom. The summed E-state index contributed by atoms with van der Waals surface area (Å²) >= 11 is 5.80. The van der Waals surface area contributed by atoms with E-state index >= 15 is 0 Å². The first-order chi connectivity index (χ1) is 12.5. The van der Waals surface area contributed by atoms with Gasteiger partial charge in [-0.05, 0) is 54.1 Å². The van der Waals surface area contributed by atoms with Crippen molar-refractivity contribution in [1.82, 2.24) is 0 Å². The summed E-state index contributed by atoms with van der Waals surface area (Å²) in [5.74, 6) is -0.328. The average Bonchev–Trinajstić information content (AvgIpc) is 2.66. The molecule has 0 aliphatic heterocycles. The number of halogens is 1. The van der Waals surface area contributed by atoms with Crippen molar-refractivity contribution < 1.29 is 19.1 Å². The van der Waals surface area contributed by atoms with Gasteiger partial charge < -0.3 is 9.47 Å². The van der Waals surface area contributed by atoms with Gasteiger partial charge >= 0.3 is 5.97 Å². The van der Waals surface area contributed by atoms with E-state index in [1.807, 2.05) is 36.4 Å². The Balaban J connectivity index is 1.55. The predicted octanol–water partition coefficient (Wildman–Crippen LogP) is 4.69. The fraction of sp³-hybridized carbons (Fsp3) is 0.143. The van der Waals surface area contributed by atoms with Crippen LogP contribution in [-0.4, -0.2) is 24.5 Å². The Morgan fingerprint density at radius 3 is 2.38 bits per heavy atom. The molecule has 0 saturated heterocycles. The van der Waals surface area contributed by atoms with Crippen molar-refractivity contribution in [2.24, 2.45) is 0 Å². The molecule has 3 rings (SSSR count). The molecule has 0 saturated carbocycles. The summed E-state index contributed by atoms with van der Waals surface area (Å²) in [6.07, 6.45) is -0.899. The number of benzene rings is 3. The monoisotopic (exact) mass is 368 g/mol. The largest absolute Gasteiger partial charge is 0.482 e. The summed E-state index contributed by atoms with van der Waals surface area (Å²) in [7, 11) is 0. The van der Waals surface area contributed by atoms with Gasteiger partial charge in [-0.3, -0.25) is 4.79 Å². The summed E-state index contributed by atoms with van der Waals surface area (Å²) in [6, 6.07) is 19.8. The zero-order valence-electron chi connectivity index (χ0n) is 14.1. The molecule has 1 atom stereocenters. The first-order valence-corrected chi connectivity index (χ1v) is 8.51. The lowest BCUT2D eigenvalue weighted by molar-refractivity contribution is -0.148. The molecule has 0 radical (unpaired) electrons. The SMILES string of the molecule is C[C@@H](OC(=O)COc1ccc2ccccc2c1)C(=O)c1ccc(Cl)cc1. The molecule has 132 valence electrons. The smallest absolute Gasteiger partial charge is 0.344 e. The van der Waals surface area contributed by atoms with Gasteiger partial charge in [-0.2, -0.15) is 0 Å². The highest BCUT2D eigenvalue weighted by molar-refractivity contribution is 6.30. The Bertz CT molecular complexity index is 934. The van der Waals surface area contributed by atoms with Crippen LogP contribution < -0.4 is 4.74 Å². The van der Waals surface area contributed by atoms with Gasteiger partial charge in [0.25, 0.3) is 0 Å². The van der Waals surface area contributed by atoms with Gasteiger partial charge in [-0.1, -0.05) is 41.9 Å². The highest BCUT2D eigenvalue weighted by Gasteiger charge is 2.19. The Kier molecular flexibility index (Phi) is 5.54. The topological polar surface area (TPSA) is 52.6 Å². The molecule has 3 aromatic carbocycles. The van der Waals surface area contributed by atoms with E-state index in [0.29, 0.717) is 16.3 Å². The third-order valence-electron chi connectivity index (χ3n) is 3.88. The van der Waals surface area contributed by atoms with Crippen LogP contribution in [0.5, 0.6) is 5.75 Å². The first kappa shape index (κ1) is 18.0. The number of ketones is 1. The van der Waals surface area contributed by atoms with Crippen LogP contribution in [0.15, 0.2) is 66.7 Å². The number of Topliss-reactive ketones (excluding diaryl/α,β-unsaturated/α-hetero) is 1. The zero-order valence-corrected chi connectivity index (χ0v) is 14.9. The van der Waals surface area contributed by atoms with Crippen molar-refractivity contribution in [1.29, 1.82) is 0 Å². The van der Waals surface area contributed by atoms with Crippen LogP contribution >= 0.6 is 11.6 Å². The minimum Gasteiger partial charge on any atom is -0.482 e. The summed E-state index contributed by atoms with van der Waals surface area (Å²) in [5, 5.41) is 2.64. The Hall–Kier alpha value is -2.85. The maximum atomic E-state index is 12.3. The second-order valence-electron chi connectivity index (χ2n) is 5.80. The van der Waals surface area contributed by atoms with E-state index in [1.165, 1.54) is 6.92 Å². The summed E-state index contributed by atoms with van der Waals surface area (Å²) in [5.41, 5.74) is 0.435. The van der Waals surface area contributed by atoms with Crippen molar-refractivity contribution in [2.45, 2.75) is 13.0 Å². The van der Waals surface area contributed by atoms with Crippen LogP contribution in [0, 0.1) is 0 Å². The van der Waals surface area contributed by atoms with Crippen molar-refractivity contribution in [3.63, 3.8) is 0 Å². The molecular weight excluding hydrogens is 352 g/mol. The quantitative estimate of drug-likeness (QED) is 0.468. The number of hydrogen-bond acceptors (Lipinski definition) is 4.